The topological polar surface area (TPSA) is 91.1 Å². The van der Waals surface area contributed by atoms with Gasteiger partial charge in [-0.15, -0.1) is 0 Å². The largest absolute Gasteiger partial charge is 0.481 e. The Morgan fingerprint density at radius 3 is 2.87 bits per heavy atom. The first-order valence-electron chi connectivity index (χ1n) is 7.73. The van der Waals surface area contributed by atoms with E-state index in [0.717, 1.165) is 24.8 Å². The molecule has 1 aromatic heterocycles. The maximum atomic E-state index is 12.0. The maximum Gasteiger partial charge on any atom is 0.311 e. The van der Waals surface area contributed by atoms with Gasteiger partial charge in [0, 0.05) is 37.7 Å². The van der Waals surface area contributed by atoms with Crippen molar-refractivity contribution < 1.29 is 22.7 Å². The van der Waals surface area contributed by atoms with Crippen LogP contribution in [0.3, 0.4) is 0 Å². The molecule has 0 aromatic carbocycles. The molecule has 2 aliphatic heterocycles. The molecule has 2 saturated heterocycles. The maximum absolute atomic E-state index is 12.0. The van der Waals surface area contributed by atoms with Gasteiger partial charge in [0.25, 0.3) is 0 Å². The lowest BCUT2D eigenvalue weighted by Gasteiger charge is -2.29. The molecular formula is C15H22N2O5S. The van der Waals surface area contributed by atoms with Gasteiger partial charge >= 0.3 is 5.97 Å². The van der Waals surface area contributed by atoms with E-state index >= 15 is 0 Å². The van der Waals surface area contributed by atoms with Gasteiger partial charge in [0.2, 0.25) is 10.0 Å². The molecular weight excluding hydrogens is 320 g/mol. The van der Waals surface area contributed by atoms with Crippen molar-refractivity contribution in [1.29, 1.82) is 0 Å². The predicted octanol–water partition coefficient (Wildman–Crippen LogP) is 0.838. The highest BCUT2D eigenvalue weighted by Crippen LogP contribution is 2.43. The number of sulfonamides is 1. The third-order valence-electron chi connectivity index (χ3n) is 5.12. The van der Waals surface area contributed by atoms with Crippen LogP contribution in [0.1, 0.15) is 18.4 Å². The summed E-state index contributed by atoms with van der Waals surface area (Å²) in [4.78, 5) is 14.2. The molecule has 23 heavy (non-hydrogen) atoms. The van der Waals surface area contributed by atoms with E-state index in [9.17, 15) is 18.3 Å². The van der Waals surface area contributed by atoms with Gasteiger partial charge in [-0.05, 0) is 25.5 Å². The molecule has 2 aliphatic rings. The Balaban J connectivity index is 1.82. The lowest BCUT2D eigenvalue weighted by Crippen LogP contribution is -2.41. The first-order chi connectivity index (χ1) is 10.8. The van der Waals surface area contributed by atoms with E-state index in [1.807, 2.05) is 6.07 Å². The minimum atomic E-state index is -3.38. The summed E-state index contributed by atoms with van der Waals surface area (Å²) in [7, 11) is -3.38. The van der Waals surface area contributed by atoms with Gasteiger partial charge in [-0.2, -0.15) is 0 Å². The summed E-state index contributed by atoms with van der Waals surface area (Å²) in [6.07, 6.45) is 5.72. The van der Waals surface area contributed by atoms with Gasteiger partial charge in [0.05, 0.1) is 24.2 Å². The van der Waals surface area contributed by atoms with Crippen LogP contribution in [0.15, 0.2) is 23.0 Å². The van der Waals surface area contributed by atoms with Crippen molar-refractivity contribution in [2.75, 3.05) is 32.4 Å². The molecule has 1 aromatic rings. The fourth-order valence-electron chi connectivity index (χ4n) is 3.85. The Morgan fingerprint density at radius 1 is 1.48 bits per heavy atom. The molecule has 3 heterocycles. The molecule has 0 amide bonds. The number of hydrogen-bond acceptors (Lipinski definition) is 5. The number of aliphatic carboxylic acids is 1. The first kappa shape index (κ1) is 16.5. The minimum Gasteiger partial charge on any atom is -0.481 e. The minimum absolute atomic E-state index is 0.0887. The fourth-order valence-corrected chi connectivity index (χ4v) is 4.77. The Kier molecular flexibility index (Phi) is 4.24. The van der Waals surface area contributed by atoms with Gasteiger partial charge in [-0.1, -0.05) is 0 Å². The Bertz CT molecular complexity index is 672. The molecule has 2 atom stereocenters. The summed E-state index contributed by atoms with van der Waals surface area (Å²) < 4.78 is 30.2. The normalized spacial score (nSPS) is 30.0. The average molecular weight is 342 g/mol. The average Bonchev–Trinajstić information content (AvgIpc) is 3.04. The number of hydrogen-bond donors (Lipinski definition) is 1. The summed E-state index contributed by atoms with van der Waals surface area (Å²) in [6, 6.07) is 1.90. The molecule has 3 rings (SSSR count). The van der Waals surface area contributed by atoms with Crippen molar-refractivity contribution >= 4 is 16.0 Å². The Morgan fingerprint density at radius 2 is 2.26 bits per heavy atom. The highest BCUT2D eigenvalue weighted by molar-refractivity contribution is 7.88. The van der Waals surface area contributed by atoms with E-state index in [2.05, 4.69) is 4.90 Å². The molecule has 1 N–H and O–H groups in total. The van der Waals surface area contributed by atoms with Crippen LogP contribution in [0.25, 0.3) is 0 Å². The summed E-state index contributed by atoms with van der Waals surface area (Å²) in [5, 5.41) is 9.80. The highest BCUT2D eigenvalue weighted by Gasteiger charge is 2.55. The van der Waals surface area contributed by atoms with Crippen molar-refractivity contribution in [3.8, 4) is 0 Å². The fraction of sp³-hybridized carbons (Fsp3) is 0.667. The number of nitrogens with zero attached hydrogens (tertiary/aromatic N) is 2. The van der Waals surface area contributed by atoms with Gasteiger partial charge < -0.3 is 9.52 Å². The second-order valence-electron chi connectivity index (χ2n) is 6.68. The molecule has 0 saturated carbocycles. The summed E-state index contributed by atoms with van der Waals surface area (Å²) >= 11 is 0. The van der Waals surface area contributed by atoms with Gasteiger partial charge in [-0.3, -0.25) is 9.69 Å². The lowest BCUT2D eigenvalue weighted by molar-refractivity contribution is -0.150. The Hall–Kier alpha value is -1.38. The van der Waals surface area contributed by atoms with Crippen molar-refractivity contribution in [1.82, 2.24) is 9.21 Å². The zero-order valence-corrected chi connectivity index (χ0v) is 14.0. The number of carbonyl (C=O) groups is 1. The monoisotopic (exact) mass is 342 g/mol. The van der Waals surface area contributed by atoms with Crippen LogP contribution in [0.5, 0.6) is 0 Å². The number of furan rings is 1. The van der Waals surface area contributed by atoms with E-state index in [1.54, 1.807) is 12.5 Å². The van der Waals surface area contributed by atoms with Crippen molar-refractivity contribution in [2.24, 2.45) is 11.3 Å². The smallest absolute Gasteiger partial charge is 0.311 e. The summed E-state index contributed by atoms with van der Waals surface area (Å²) in [5.41, 5.74) is 0.0830. The van der Waals surface area contributed by atoms with Crippen LogP contribution < -0.4 is 0 Å². The van der Waals surface area contributed by atoms with E-state index in [0.29, 0.717) is 19.5 Å². The molecule has 2 fully saturated rings. The second-order valence-corrected chi connectivity index (χ2v) is 8.67. The zero-order valence-electron chi connectivity index (χ0n) is 13.1. The van der Waals surface area contributed by atoms with Crippen molar-refractivity contribution in [2.45, 2.75) is 19.4 Å². The quantitative estimate of drug-likeness (QED) is 0.872. The zero-order chi connectivity index (χ0) is 16.7. The molecule has 0 radical (unpaired) electrons. The first-order valence-corrected chi connectivity index (χ1v) is 9.58. The molecule has 8 heteroatoms. The second kappa shape index (κ2) is 5.92. The standard InChI is InChI=1S/C15H22N2O5S/c1-23(20,21)17-9-13-8-16(7-12-3-6-22-10-12)5-2-4-15(13,11-17)14(18)19/h3,6,10,13H,2,4-5,7-9,11H2,1H3,(H,18,19)/t13-,15-/m0/s1. The number of rotatable bonds is 4. The van der Waals surface area contributed by atoms with Crippen LogP contribution in [-0.2, 0) is 21.4 Å². The summed E-state index contributed by atoms with van der Waals surface area (Å²) in [5.74, 6) is -1.07. The lowest BCUT2D eigenvalue weighted by atomic mass is 9.75. The molecule has 0 aliphatic carbocycles. The van der Waals surface area contributed by atoms with Gasteiger partial charge in [0.15, 0.2) is 0 Å². The van der Waals surface area contributed by atoms with Crippen LogP contribution in [0, 0.1) is 11.3 Å². The number of carboxylic acid groups (broad SMARTS) is 1. The van der Waals surface area contributed by atoms with Crippen LogP contribution in [0.4, 0.5) is 0 Å². The molecule has 0 bridgehead atoms. The van der Waals surface area contributed by atoms with Crippen LogP contribution in [-0.4, -0.2) is 61.1 Å². The van der Waals surface area contributed by atoms with E-state index in [-0.39, 0.29) is 19.0 Å². The molecule has 7 nitrogen and oxygen atoms in total. The molecule has 0 unspecified atom stereocenters. The van der Waals surface area contributed by atoms with Gasteiger partial charge in [-0.25, -0.2) is 12.7 Å². The Labute approximate surface area is 135 Å². The van der Waals surface area contributed by atoms with E-state index in [1.165, 1.54) is 4.31 Å². The van der Waals surface area contributed by atoms with Crippen LogP contribution in [0.2, 0.25) is 0 Å². The number of fused-ring (bicyclic) bond motifs is 1. The predicted molar refractivity (Wildman–Crippen MR) is 83.2 cm³/mol. The molecule has 0 spiro atoms. The third kappa shape index (κ3) is 3.15. The van der Waals surface area contributed by atoms with Gasteiger partial charge in [0.1, 0.15) is 0 Å². The summed E-state index contributed by atoms with van der Waals surface area (Å²) in [6.45, 7) is 2.47. The molecule has 128 valence electrons. The van der Waals surface area contributed by atoms with Crippen molar-refractivity contribution in [3.05, 3.63) is 24.2 Å². The van der Waals surface area contributed by atoms with Crippen molar-refractivity contribution in [3.63, 3.8) is 0 Å². The van der Waals surface area contributed by atoms with E-state index < -0.39 is 21.4 Å². The number of carboxylic acids is 1. The third-order valence-corrected chi connectivity index (χ3v) is 6.34. The number of likely N-dealkylation sites (tertiary alicyclic amines) is 1. The SMILES string of the molecule is CS(=O)(=O)N1C[C@@H]2CN(Cc3ccoc3)CCC[C@]2(C(=O)O)C1. The highest BCUT2D eigenvalue weighted by atomic mass is 32.2. The van der Waals surface area contributed by atoms with E-state index in [4.69, 9.17) is 4.42 Å². The van der Waals surface area contributed by atoms with Crippen LogP contribution >= 0.6 is 0 Å².